The molecule has 7 unspecified atom stereocenters. The molecule has 7 aliphatic rings. The van der Waals surface area contributed by atoms with Crippen LogP contribution in [0.3, 0.4) is 0 Å². The maximum Gasteiger partial charge on any atom is 0.311 e. The quantitative estimate of drug-likeness (QED) is 0.157. The highest BCUT2D eigenvalue weighted by Crippen LogP contribution is 2.68. The number of halogens is 1. The van der Waals surface area contributed by atoms with E-state index < -0.39 is 112 Å². The summed E-state index contributed by atoms with van der Waals surface area (Å²) in [5.41, 5.74) is -6.26. The lowest BCUT2D eigenvalue weighted by atomic mass is 9.46. The number of nitrogens with zero attached hydrogens (tertiary/aromatic N) is 2. The van der Waals surface area contributed by atoms with E-state index in [0.717, 1.165) is 6.42 Å². The molecule has 0 aromatic heterocycles. The van der Waals surface area contributed by atoms with Gasteiger partial charge in [0.2, 0.25) is 0 Å². The largest absolute Gasteiger partial charge is 0.459 e. The molecule has 0 aromatic carbocycles. The van der Waals surface area contributed by atoms with E-state index in [2.05, 4.69) is 22.0 Å². The number of hydrogen-bond acceptors (Lipinski definition) is 14. The minimum Gasteiger partial charge on any atom is -0.459 e. The minimum atomic E-state index is -1.90. The van der Waals surface area contributed by atoms with Gasteiger partial charge in [0.25, 0.3) is 5.91 Å². The summed E-state index contributed by atoms with van der Waals surface area (Å²) in [6, 6.07) is -0.697. The van der Waals surface area contributed by atoms with Crippen LogP contribution in [0.25, 0.3) is 0 Å². The number of allylic oxidation sites excluding steroid dienone is 4. The molecule has 0 spiro atoms. The summed E-state index contributed by atoms with van der Waals surface area (Å²) in [6.07, 6.45) is -0.966. The van der Waals surface area contributed by atoms with Crippen LogP contribution in [0, 0.1) is 52.3 Å². The van der Waals surface area contributed by atoms with Crippen LogP contribution in [0.1, 0.15) is 121 Å². The summed E-state index contributed by atoms with van der Waals surface area (Å²) in [5.74, 6) is -4.73. The number of carbonyl (C=O) groups excluding carboxylic acids is 3. The number of esters is 1. The van der Waals surface area contributed by atoms with E-state index in [1.807, 2.05) is 62.6 Å². The van der Waals surface area contributed by atoms with E-state index in [1.165, 1.54) is 19.1 Å². The zero-order valence-corrected chi connectivity index (χ0v) is 43.6. The Labute approximate surface area is 409 Å². The summed E-state index contributed by atoms with van der Waals surface area (Å²) in [7, 11) is 4.02. The number of cyclic esters (lactones) is 1. The Morgan fingerprint density at radius 2 is 1.65 bits per heavy atom. The number of likely N-dealkylation sites (N-methyl/N-ethyl adjacent to an activating group) is 1. The first-order valence-electron chi connectivity index (χ1n) is 26.0. The van der Waals surface area contributed by atoms with Crippen molar-refractivity contribution in [2.75, 3.05) is 33.7 Å². The fraction of sp³-hybridized carbons (Fsp3) is 0.868. The number of hydrogen-bond donors (Lipinski definition) is 6. The van der Waals surface area contributed by atoms with Crippen molar-refractivity contribution < 1.29 is 63.3 Å². The van der Waals surface area contributed by atoms with Gasteiger partial charge in [-0.25, -0.2) is 4.39 Å². The number of ketones is 1. The Morgan fingerprint density at radius 3 is 2.30 bits per heavy atom. The van der Waals surface area contributed by atoms with Crippen molar-refractivity contribution in [3.63, 3.8) is 0 Å². The molecule has 4 aliphatic carbocycles. The highest BCUT2D eigenvalue weighted by molar-refractivity contribution is 6.01. The Morgan fingerprint density at radius 1 is 0.971 bits per heavy atom. The van der Waals surface area contributed by atoms with Crippen molar-refractivity contribution in [2.24, 2.45) is 52.3 Å². The van der Waals surface area contributed by atoms with Gasteiger partial charge in [0, 0.05) is 54.4 Å². The molecule has 15 nitrogen and oxygen atoms in total. The van der Waals surface area contributed by atoms with Gasteiger partial charge in [0.15, 0.2) is 17.7 Å². The molecule has 6 N–H and O–H groups in total. The first kappa shape index (κ1) is 54.4. The number of alkyl halides is 1. The Bertz CT molecular complexity index is 1970. The smallest absolute Gasteiger partial charge is 0.311 e. The molecule has 0 radical (unpaired) electrons. The first-order valence-corrected chi connectivity index (χ1v) is 26.0. The number of fused-ring (bicyclic) bond motifs is 7. The third kappa shape index (κ3) is 9.34. The van der Waals surface area contributed by atoms with Crippen LogP contribution >= 0.6 is 0 Å². The summed E-state index contributed by atoms with van der Waals surface area (Å²) in [6.45, 7) is 21.1. The van der Waals surface area contributed by atoms with Crippen LogP contribution in [-0.4, -0.2) is 171 Å². The summed E-state index contributed by atoms with van der Waals surface area (Å²) in [4.78, 5) is 44.9. The SMILES string of the molecule is CC[C@H]1OC(=O)[C@H](C)C(O)[C@H](C)C2OC3OC(C)C[C@@H](N(C)C)[C@H]3O[C@]2(C)C[C@@H](C)CN(CCCNC(=O)[C@@]2(O)[C@H](C)CC3C4C[C@H](F)C5=CC(=O)C=C[C@]5(C)C4[C@@H](O)C[C@@]32C)[C@H](C)[C@@H](O)[C@]1(C)O. The maximum atomic E-state index is 16.1. The zero-order valence-electron chi connectivity index (χ0n) is 43.6. The number of carbonyl (C=O) groups is 3. The van der Waals surface area contributed by atoms with Crippen LogP contribution in [0.4, 0.5) is 4.39 Å². The van der Waals surface area contributed by atoms with Crippen molar-refractivity contribution in [1.82, 2.24) is 15.1 Å². The van der Waals surface area contributed by atoms with Gasteiger partial charge < -0.3 is 54.7 Å². The molecule has 7 rings (SSSR count). The average Bonchev–Trinajstić information content (AvgIpc) is 3.48. The molecule has 392 valence electrons. The Kier molecular flexibility index (Phi) is 15.6. The fourth-order valence-electron chi connectivity index (χ4n) is 15.2. The lowest BCUT2D eigenvalue weighted by molar-refractivity contribution is -0.373. The second kappa shape index (κ2) is 19.8. The van der Waals surface area contributed by atoms with E-state index >= 15 is 4.39 Å². The number of aliphatic hydroxyl groups excluding tert-OH is 3. The third-order valence-electron chi connectivity index (χ3n) is 19.0. The van der Waals surface area contributed by atoms with Gasteiger partial charge in [-0.3, -0.25) is 19.3 Å². The predicted octanol–water partition coefficient (Wildman–Crippen LogP) is 4.10. The van der Waals surface area contributed by atoms with Crippen LogP contribution in [0.5, 0.6) is 0 Å². The van der Waals surface area contributed by atoms with Crippen molar-refractivity contribution >= 4 is 17.7 Å². The Hall–Kier alpha value is -2.38. The highest BCUT2D eigenvalue weighted by Gasteiger charge is 2.71. The van der Waals surface area contributed by atoms with E-state index in [4.69, 9.17) is 18.9 Å². The molecule has 3 saturated carbocycles. The highest BCUT2D eigenvalue weighted by atomic mass is 19.1. The fourth-order valence-corrected chi connectivity index (χ4v) is 15.2. The lowest BCUT2D eigenvalue weighted by Crippen LogP contribution is -2.67. The van der Waals surface area contributed by atoms with Gasteiger partial charge in [-0.15, -0.1) is 0 Å². The number of amides is 1. The van der Waals surface area contributed by atoms with Crippen LogP contribution < -0.4 is 5.32 Å². The summed E-state index contributed by atoms with van der Waals surface area (Å²) in [5, 5.41) is 63.7. The van der Waals surface area contributed by atoms with Gasteiger partial charge in [-0.2, -0.15) is 0 Å². The lowest BCUT2D eigenvalue weighted by Gasteiger charge is -2.60. The van der Waals surface area contributed by atoms with Crippen molar-refractivity contribution in [1.29, 1.82) is 0 Å². The third-order valence-corrected chi connectivity index (χ3v) is 19.0. The topological polar surface area (TPSA) is 208 Å². The Balaban J connectivity index is 1.11. The summed E-state index contributed by atoms with van der Waals surface area (Å²) < 4.78 is 42.4. The van der Waals surface area contributed by atoms with E-state index in [0.29, 0.717) is 37.9 Å². The standard InChI is InChI=1S/C53H86FN3O12/c1-14-40-52(11,64)44(61)32(7)57(26-27(2)24-51(10)45(30(5)42(60)31(6)46(62)67-40)68-47-43(69-51)38(56(12)13)21-29(4)66-47)19-15-18-55-48(63)53(65)28(3)20-35-34-23-37(54)36-22-33(58)16-17-49(36,8)41(34)39(59)25-50(35,53)9/h16-17,22,27-32,34-35,37-45,47,59-61,64-65H,14-15,18-21,23-26H2,1-13H3,(H,55,63)/t27-,28-,29?,30+,31-,32-,34?,35?,37+,38-,39+,40-,41?,42?,43-,44-,45?,47?,49+,50+,51-,52-,53+/m1/s1. The van der Waals surface area contributed by atoms with Crippen molar-refractivity contribution in [2.45, 2.75) is 205 Å². The van der Waals surface area contributed by atoms with Gasteiger partial charge in [0.05, 0.1) is 35.9 Å². The molecule has 69 heavy (non-hydrogen) atoms. The molecule has 0 bridgehead atoms. The van der Waals surface area contributed by atoms with Crippen LogP contribution in [0.15, 0.2) is 23.8 Å². The second-order valence-electron chi connectivity index (χ2n) is 24.0. The molecule has 3 saturated heterocycles. The van der Waals surface area contributed by atoms with Crippen LogP contribution in [-0.2, 0) is 33.3 Å². The van der Waals surface area contributed by atoms with Gasteiger partial charge in [-0.1, -0.05) is 47.6 Å². The number of nitrogens with one attached hydrogen (secondary N) is 1. The molecule has 0 aromatic rings. The van der Waals surface area contributed by atoms with Gasteiger partial charge in [-0.05, 0) is 135 Å². The zero-order chi connectivity index (χ0) is 51.1. The second-order valence-corrected chi connectivity index (χ2v) is 24.0. The molecule has 23 atom stereocenters. The molecule has 6 fully saturated rings. The van der Waals surface area contributed by atoms with Gasteiger partial charge >= 0.3 is 5.97 Å². The maximum absolute atomic E-state index is 16.1. The predicted molar refractivity (Wildman–Crippen MR) is 256 cm³/mol. The minimum absolute atomic E-state index is 0.0163. The number of ether oxygens (including phenoxy) is 4. The first-order chi connectivity index (χ1) is 32.1. The molecular weight excluding hydrogens is 890 g/mol. The van der Waals surface area contributed by atoms with Crippen LogP contribution in [0.2, 0.25) is 0 Å². The molecular formula is C53H86FN3O12. The molecule has 3 aliphatic heterocycles. The van der Waals surface area contributed by atoms with E-state index in [-0.39, 0.29) is 67.4 Å². The molecule has 16 heteroatoms. The van der Waals surface area contributed by atoms with Crippen molar-refractivity contribution in [3.8, 4) is 0 Å². The average molecular weight is 976 g/mol. The monoisotopic (exact) mass is 976 g/mol. The van der Waals surface area contributed by atoms with Gasteiger partial charge in [0.1, 0.15) is 30.1 Å². The normalized spacial score (nSPS) is 50.9. The van der Waals surface area contributed by atoms with Crippen molar-refractivity contribution in [3.05, 3.63) is 23.8 Å². The molecule has 3 heterocycles. The number of rotatable bonds is 7. The van der Waals surface area contributed by atoms with E-state index in [9.17, 15) is 39.9 Å². The molecule has 1 amide bonds. The van der Waals surface area contributed by atoms with E-state index in [1.54, 1.807) is 19.9 Å². The number of aliphatic hydroxyl groups is 5. The summed E-state index contributed by atoms with van der Waals surface area (Å²) >= 11 is 0.